The molecule has 0 amide bonds. The van der Waals surface area contributed by atoms with Crippen LogP contribution in [0.25, 0.3) is 11.5 Å². The highest BCUT2D eigenvalue weighted by Crippen LogP contribution is 2.17. The van der Waals surface area contributed by atoms with E-state index < -0.39 is 5.97 Å². The molecule has 4 aromatic rings. The van der Waals surface area contributed by atoms with Gasteiger partial charge in [-0.05, 0) is 42.8 Å². The summed E-state index contributed by atoms with van der Waals surface area (Å²) >= 11 is 0. The molecule has 10 heteroatoms. The van der Waals surface area contributed by atoms with Crippen molar-refractivity contribution in [1.82, 2.24) is 35.2 Å². The fraction of sp³-hybridized carbons (Fsp3) is 0.240. The molecule has 0 aromatic carbocycles. The van der Waals surface area contributed by atoms with Gasteiger partial charge in [0.25, 0.3) is 0 Å². The minimum atomic E-state index is -0.406. The number of carbonyl (C=O) groups is 1. The van der Waals surface area contributed by atoms with Crippen LogP contribution in [0.2, 0.25) is 0 Å². The summed E-state index contributed by atoms with van der Waals surface area (Å²) in [7, 11) is 0. The molecular weight excluding hydrogens is 444 g/mol. The second-order valence-electron chi connectivity index (χ2n) is 8.26. The van der Waals surface area contributed by atoms with Crippen molar-refractivity contribution >= 4 is 17.6 Å². The van der Waals surface area contributed by atoms with Gasteiger partial charge in [0.15, 0.2) is 5.82 Å². The fourth-order valence-corrected chi connectivity index (χ4v) is 3.47. The molecule has 4 aromatic heterocycles. The first-order valence-corrected chi connectivity index (χ1v) is 11.3. The number of ether oxygens (including phenoxy) is 1. The molecule has 0 bridgehead atoms. The van der Waals surface area contributed by atoms with Gasteiger partial charge in [-0.1, -0.05) is 12.1 Å². The molecule has 5 rings (SSSR count). The summed E-state index contributed by atoms with van der Waals surface area (Å²) in [6.07, 6.45) is 5.48. The van der Waals surface area contributed by atoms with E-state index in [4.69, 9.17) is 4.74 Å². The normalized spacial score (nSPS) is 13.2. The molecule has 1 aliphatic heterocycles. The van der Waals surface area contributed by atoms with Crippen LogP contribution in [0, 0.1) is 12.8 Å². The van der Waals surface area contributed by atoms with Gasteiger partial charge in [-0.25, -0.2) is 34.7 Å². The van der Waals surface area contributed by atoms with Crippen molar-refractivity contribution in [3.63, 3.8) is 0 Å². The predicted octanol–water partition coefficient (Wildman–Crippen LogP) is 2.74. The topological polar surface area (TPSA) is 128 Å². The smallest absolute Gasteiger partial charge is 0.356 e. The second-order valence-corrected chi connectivity index (χ2v) is 8.26. The summed E-state index contributed by atoms with van der Waals surface area (Å²) in [5.74, 6) is 2.34. The van der Waals surface area contributed by atoms with Crippen LogP contribution in [-0.4, -0.2) is 55.6 Å². The Balaban J connectivity index is 1.22. The maximum Gasteiger partial charge on any atom is 0.356 e. The molecule has 10 nitrogen and oxygen atoms in total. The first-order valence-electron chi connectivity index (χ1n) is 11.3. The van der Waals surface area contributed by atoms with Gasteiger partial charge in [0.2, 0.25) is 0 Å². The first-order chi connectivity index (χ1) is 17.1. The van der Waals surface area contributed by atoms with Crippen molar-refractivity contribution < 1.29 is 9.53 Å². The van der Waals surface area contributed by atoms with Gasteiger partial charge in [0.05, 0.1) is 6.61 Å². The zero-order chi connectivity index (χ0) is 24.0. The highest BCUT2D eigenvalue weighted by atomic mass is 16.5. The third-order valence-corrected chi connectivity index (χ3v) is 5.45. The summed E-state index contributed by atoms with van der Waals surface area (Å²) in [6, 6.07) is 12.8. The SMILES string of the molecule is Cc1cccc(-c2nccc(Nc3ccnc(Cc4ccc(C(=O)OCC5CNC5)nc4)n3)n2)n1. The van der Waals surface area contributed by atoms with E-state index in [1.165, 1.54) is 0 Å². The van der Waals surface area contributed by atoms with Crippen molar-refractivity contribution in [2.45, 2.75) is 13.3 Å². The lowest BCUT2D eigenvalue weighted by atomic mass is 10.1. The molecule has 1 saturated heterocycles. The summed E-state index contributed by atoms with van der Waals surface area (Å²) in [5, 5.41) is 6.35. The molecule has 0 aliphatic carbocycles. The van der Waals surface area contributed by atoms with E-state index in [-0.39, 0.29) is 0 Å². The number of anilines is 2. The number of carbonyl (C=O) groups excluding carboxylic acids is 1. The number of hydrogen-bond donors (Lipinski definition) is 2. The molecule has 176 valence electrons. The molecule has 2 N–H and O–H groups in total. The second kappa shape index (κ2) is 10.3. The largest absolute Gasteiger partial charge is 0.461 e. The van der Waals surface area contributed by atoms with Crippen LogP contribution in [0.5, 0.6) is 0 Å². The van der Waals surface area contributed by atoms with E-state index in [9.17, 15) is 4.79 Å². The number of esters is 1. The summed E-state index contributed by atoms with van der Waals surface area (Å²) in [6.45, 7) is 4.11. The van der Waals surface area contributed by atoms with Crippen molar-refractivity contribution in [3.8, 4) is 11.5 Å². The van der Waals surface area contributed by atoms with E-state index in [0.717, 1.165) is 24.3 Å². The lowest BCUT2D eigenvalue weighted by Crippen LogP contribution is -2.44. The molecular formula is C25H24N8O2. The Hall–Kier alpha value is -4.31. The van der Waals surface area contributed by atoms with Gasteiger partial charge < -0.3 is 15.4 Å². The van der Waals surface area contributed by atoms with Crippen LogP contribution in [0.15, 0.2) is 61.1 Å². The predicted molar refractivity (Wildman–Crippen MR) is 129 cm³/mol. The molecule has 5 heterocycles. The minimum Gasteiger partial charge on any atom is -0.461 e. The number of aryl methyl sites for hydroxylation is 1. The van der Waals surface area contributed by atoms with Crippen molar-refractivity contribution in [3.05, 3.63) is 83.8 Å². The number of pyridine rings is 2. The number of nitrogens with one attached hydrogen (secondary N) is 2. The summed E-state index contributed by atoms with van der Waals surface area (Å²) in [4.78, 5) is 38.7. The molecule has 1 fully saturated rings. The van der Waals surface area contributed by atoms with Gasteiger partial charge in [0.1, 0.15) is 28.8 Å². The van der Waals surface area contributed by atoms with E-state index in [1.807, 2.05) is 31.2 Å². The zero-order valence-electron chi connectivity index (χ0n) is 19.2. The maximum absolute atomic E-state index is 12.2. The Morgan fingerprint density at radius 3 is 2.57 bits per heavy atom. The number of hydrogen-bond acceptors (Lipinski definition) is 10. The lowest BCUT2D eigenvalue weighted by Gasteiger charge is -2.26. The zero-order valence-corrected chi connectivity index (χ0v) is 19.2. The van der Waals surface area contributed by atoms with E-state index in [1.54, 1.807) is 36.8 Å². The lowest BCUT2D eigenvalue weighted by molar-refractivity contribution is 0.0391. The average molecular weight is 469 g/mol. The molecule has 35 heavy (non-hydrogen) atoms. The minimum absolute atomic E-state index is 0.292. The van der Waals surface area contributed by atoms with E-state index >= 15 is 0 Å². The molecule has 0 atom stereocenters. The summed E-state index contributed by atoms with van der Waals surface area (Å²) in [5.41, 5.74) is 2.78. The van der Waals surface area contributed by atoms with Gasteiger partial charge >= 0.3 is 5.97 Å². The Kier molecular flexibility index (Phi) is 6.62. The van der Waals surface area contributed by atoms with Gasteiger partial charge in [-0.2, -0.15) is 0 Å². The maximum atomic E-state index is 12.2. The van der Waals surface area contributed by atoms with Crippen molar-refractivity contribution in [2.24, 2.45) is 5.92 Å². The van der Waals surface area contributed by atoms with Crippen LogP contribution in [-0.2, 0) is 11.2 Å². The molecule has 1 aliphatic rings. The third kappa shape index (κ3) is 5.79. The quantitative estimate of drug-likeness (QED) is 0.373. The van der Waals surface area contributed by atoms with Crippen LogP contribution in [0.3, 0.4) is 0 Å². The molecule has 0 radical (unpaired) electrons. The highest BCUT2D eigenvalue weighted by molar-refractivity contribution is 5.87. The standard InChI is InChI=1S/C25H24N8O2/c1-16-3-2-4-19(30-16)24-28-10-8-22(33-24)31-21-7-9-27-23(32-21)11-17-5-6-20(29-14-17)25(34)35-15-18-12-26-13-18/h2-10,14,18,26H,11-13,15H2,1H3,(H,27,28,31,32,33). The van der Waals surface area contributed by atoms with E-state index in [2.05, 4.69) is 40.5 Å². The van der Waals surface area contributed by atoms with Crippen LogP contribution in [0.1, 0.15) is 27.6 Å². The van der Waals surface area contributed by atoms with Crippen molar-refractivity contribution in [2.75, 3.05) is 25.0 Å². The first kappa shape index (κ1) is 22.5. The third-order valence-electron chi connectivity index (χ3n) is 5.45. The van der Waals surface area contributed by atoms with Crippen LogP contribution in [0.4, 0.5) is 11.6 Å². The highest BCUT2D eigenvalue weighted by Gasteiger charge is 2.19. The average Bonchev–Trinajstić information content (AvgIpc) is 2.84. The van der Waals surface area contributed by atoms with Gasteiger partial charge in [-0.3, -0.25) is 0 Å². The Bertz CT molecular complexity index is 1330. The van der Waals surface area contributed by atoms with Crippen molar-refractivity contribution in [1.29, 1.82) is 0 Å². The number of rotatable bonds is 8. The van der Waals surface area contributed by atoms with Gasteiger partial charge in [0, 0.05) is 49.7 Å². The van der Waals surface area contributed by atoms with Gasteiger partial charge in [-0.15, -0.1) is 0 Å². The number of aromatic nitrogens is 6. The number of nitrogens with zero attached hydrogens (tertiary/aromatic N) is 6. The van der Waals surface area contributed by atoms with Crippen LogP contribution < -0.4 is 10.6 Å². The summed E-state index contributed by atoms with van der Waals surface area (Å²) < 4.78 is 5.32. The Morgan fingerprint density at radius 2 is 1.83 bits per heavy atom. The Morgan fingerprint density at radius 1 is 1.00 bits per heavy atom. The molecule has 0 spiro atoms. The van der Waals surface area contributed by atoms with Crippen LogP contribution >= 0.6 is 0 Å². The fourth-order valence-electron chi connectivity index (χ4n) is 3.47. The molecule has 0 unspecified atom stereocenters. The molecule has 0 saturated carbocycles. The monoisotopic (exact) mass is 468 g/mol. The van der Waals surface area contributed by atoms with E-state index in [0.29, 0.717) is 53.6 Å². The Labute approximate surface area is 202 Å².